The number of anilines is 1. The monoisotopic (exact) mass is 325 g/mol. The number of nitrogens with one attached hydrogen (secondary N) is 1. The number of rotatable bonds is 5. The van der Waals surface area contributed by atoms with Crippen molar-refractivity contribution < 1.29 is 14.7 Å². The Balaban J connectivity index is 2.02. The van der Waals surface area contributed by atoms with Crippen LogP contribution in [0.2, 0.25) is 0 Å². The molecule has 0 radical (unpaired) electrons. The van der Waals surface area contributed by atoms with Crippen LogP contribution < -0.4 is 4.90 Å². The number of benzene rings is 1. The van der Waals surface area contributed by atoms with E-state index in [9.17, 15) is 14.7 Å². The number of fused-ring (bicyclic) bond motifs is 1. The highest BCUT2D eigenvalue weighted by Crippen LogP contribution is 2.42. The molecule has 0 fully saturated rings. The number of carbonyl (C=O) groups is 2. The largest absolute Gasteiger partial charge is 0.375 e. The van der Waals surface area contributed by atoms with Crippen LogP contribution in [0.5, 0.6) is 0 Å². The second kappa shape index (κ2) is 5.72. The van der Waals surface area contributed by atoms with Gasteiger partial charge in [0.2, 0.25) is 0 Å². The van der Waals surface area contributed by atoms with Crippen molar-refractivity contribution in [3.63, 3.8) is 0 Å². The van der Waals surface area contributed by atoms with Crippen LogP contribution in [0.3, 0.4) is 0 Å². The van der Waals surface area contributed by atoms with E-state index in [0.717, 1.165) is 0 Å². The van der Waals surface area contributed by atoms with Gasteiger partial charge in [0.05, 0.1) is 23.4 Å². The predicted molar refractivity (Wildman–Crippen MR) is 89.9 cm³/mol. The molecule has 0 saturated carbocycles. The highest BCUT2D eigenvalue weighted by molar-refractivity contribution is 6.11. The number of Topliss-reactive ketones (excluding diaryl/α,β-unsaturated/α-hetero) is 1. The van der Waals surface area contributed by atoms with E-state index in [1.807, 2.05) is 0 Å². The smallest absolute Gasteiger partial charge is 0.264 e. The molecule has 0 aliphatic carbocycles. The van der Waals surface area contributed by atoms with E-state index in [4.69, 9.17) is 0 Å². The lowest BCUT2D eigenvalue weighted by atomic mass is 9.87. The van der Waals surface area contributed by atoms with Crippen molar-refractivity contribution in [2.24, 2.45) is 0 Å². The molecule has 6 heteroatoms. The summed E-state index contributed by atoms with van der Waals surface area (Å²) in [6.45, 7) is 7.38. The number of para-hydroxylation sites is 1. The molecule has 0 bridgehead atoms. The van der Waals surface area contributed by atoms with E-state index in [1.54, 1.807) is 44.2 Å². The molecule has 2 heterocycles. The molecule has 3 rings (SSSR count). The van der Waals surface area contributed by atoms with Gasteiger partial charge in [0, 0.05) is 17.8 Å². The van der Waals surface area contributed by atoms with Crippen molar-refractivity contribution >= 4 is 17.4 Å². The number of aryl methyl sites for hydroxylation is 2. The Morgan fingerprint density at radius 2 is 2.12 bits per heavy atom. The van der Waals surface area contributed by atoms with Crippen LogP contribution in [0.4, 0.5) is 5.69 Å². The molecular formula is C18H19N3O3. The van der Waals surface area contributed by atoms with Gasteiger partial charge >= 0.3 is 0 Å². The molecule has 1 atom stereocenters. The summed E-state index contributed by atoms with van der Waals surface area (Å²) in [5, 5.41) is 17.8. The van der Waals surface area contributed by atoms with Gasteiger partial charge in [0.1, 0.15) is 0 Å². The number of H-pyrrole nitrogens is 1. The SMILES string of the molecule is C=CCN1C(=O)C(O)(CC(=O)c2c(C)n[nH]c2C)c2ccccc21. The van der Waals surface area contributed by atoms with Gasteiger partial charge in [-0.2, -0.15) is 5.10 Å². The molecule has 1 aromatic carbocycles. The molecule has 24 heavy (non-hydrogen) atoms. The molecule has 1 aliphatic rings. The summed E-state index contributed by atoms with van der Waals surface area (Å²) >= 11 is 0. The van der Waals surface area contributed by atoms with Crippen LogP contribution in [-0.2, 0) is 10.4 Å². The molecule has 6 nitrogen and oxygen atoms in total. The van der Waals surface area contributed by atoms with Gasteiger partial charge in [-0.15, -0.1) is 6.58 Å². The van der Waals surface area contributed by atoms with E-state index in [1.165, 1.54) is 4.90 Å². The number of aliphatic hydroxyl groups is 1. The maximum Gasteiger partial charge on any atom is 0.264 e. The Hall–Kier alpha value is -2.73. The molecule has 1 aromatic heterocycles. The number of hydrogen-bond donors (Lipinski definition) is 2. The summed E-state index contributed by atoms with van der Waals surface area (Å²) in [5.74, 6) is -0.819. The lowest BCUT2D eigenvalue weighted by Gasteiger charge is -2.22. The number of aromatic amines is 1. The number of ketones is 1. The van der Waals surface area contributed by atoms with Crippen molar-refractivity contribution in [1.29, 1.82) is 0 Å². The summed E-state index contributed by atoms with van der Waals surface area (Å²) in [5.41, 5.74) is 0.802. The third-order valence-corrected chi connectivity index (χ3v) is 4.37. The first-order valence-corrected chi connectivity index (χ1v) is 7.69. The number of aromatic nitrogens is 2. The fourth-order valence-electron chi connectivity index (χ4n) is 3.27. The highest BCUT2D eigenvalue weighted by Gasteiger charge is 2.50. The van der Waals surface area contributed by atoms with Gasteiger partial charge < -0.3 is 10.0 Å². The first kappa shape index (κ1) is 16.1. The van der Waals surface area contributed by atoms with E-state index in [2.05, 4.69) is 16.8 Å². The minimum atomic E-state index is -1.87. The fourth-order valence-corrected chi connectivity index (χ4v) is 3.27. The lowest BCUT2D eigenvalue weighted by molar-refractivity contribution is -0.135. The first-order chi connectivity index (χ1) is 11.4. The third-order valence-electron chi connectivity index (χ3n) is 4.37. The Morgan fingerprint density at radius 3 is 2.75 bits per heavy atom. The van der Waals surface area contributed by atoms with Crippen LogP contribution in [0.15, 0.2) is 36.9 Å². The first-order valence-electron chi connectivity index (χ1n) is 7.69. The van der Waals surface area contributed by atoms with Gasteiger partial charge in [0.15, 0.2) is 11.4 Å². The maximum absolute atomic E-state index is 12.8. The predicted octanol–water partition coefficient (Wildman–Crippen LogP) is 2.02. The summed E-state index contributed by atoms with van der Waals surface area (Å²) in [4.78, 5) is 27.0. The Kier molecular flexibility index (Phi) is 3.85. The van der Waals surface area contributed by atoms with Crippen LogP contribution in [0.1, 0.15) is 33.7 Å². The minimum absolute atomic E-state index is 0.274. The number of hydrogen-bond acceptors (Lipinski definition) is 4. The molecule has 1 aliphatic heterocycles. The standard InChI is InChI=1S/C18H19N3O3/c1-4-9-21-14-8-6-5-7-13(14)18(24,17(21)23)10-15(22)16-11(2)19-20-12(16)3/h4-8,24H,1,9-10H2,2-3H3,(H,19,20). The van der Waals surface area contributed by atoms with Gasteiger partial charge in [-0.25, -0.2) is 0 Å². The number of carbonyl (C=O) groups excluding carboxylic acids is 2. The number of amides is 1. The topological polar surface area (TPSA) is 86.3 Å². The zero-order chi connectivity index (χ0) is 17.5. The zero-order valence-electron chi connectivity index (χ0n) is 13.7. The van der Waals surface area contributed by atoms with Crippen LogP contribution in [0.25, 0.3) is 0 Å². The van der Waals surface area contributed by atoms with Gasteiger partial charge in [-0.05, 0) is 19.9 Å². The lowest BCUT2D eigenvalue weighted by Crippen LogP contribution is -2.42. The second-order valence-electron chi connectivity index (χ2n) is 5.99. The molecule has 124 valence electrons. The van der Waals surface area contributed by atoms with Crippen molar-refractivity contribution in [1.82, 2.24) is 10.2 Å². The van der Waals surface area contributed by atoms with Crippen molar-refractivity contribution in [3.05, 3.63) is 59.4 Å². The Morgan fingerprint density at radius 1 is 1.42 bits per heavy atom. The maximum atomic E-state index is 12.8. The summed E-state index contributed by atoms with van der Waals surface area (Å²) in [7, 11) is 0. The van der Waals surface area contributed by atoms with Crippen LogP contribution in [0, 0.1) is 13.8 Å². The summed E-state index contributed by atoms with van der Waals surface area (Å²) in [6, 6.07) is 6.97. The highest BCUT2D eigenvalue weighted by atomic mass is 16.3. The van der Waals surface area contributed by atoms with Gasteiger partial charge in [-0.3, -0.25) is 14.7 Å². The second-order valence-corrected chi connectivity index (χ2v) is 5.99. The van der Waals surface area contributed by atoms with Crippen molar-refractivity contribution in [2.75, 3.05) is 11.4 Å². The normalized spacial score (nSPS) is 19.5. The minimum Gasteiger partial charge on any atom is -0.375 e. The van der Waals surface area contributed by atoms with E-state index >= 15 is 0 Å². The number of nitrogens with zero attached hydrogens (tertiary/aromatic N) is 2. The molecule has 1 amide bonds. The quantitative estimate of drug-likeness (QED) is 0.650. The molecule has 1 unspecified atom stereocenters. The van der Waals surface area contributed by atoms with Crippen LogP contribution in [-0.4, -0.2) is 33.5 Å². The van der Waals surface area contributed by atoms with Gasteiger partial charge in [-0.1, -0.05) is 24.3 Å². The zero-order valence-corrected chi connectivity index (χ0v) is 13.7. The van der Waals surface area contributed by atoms with E-state index in [0.29, 0.717) is 28.2 Å². The molecule has 0 saturated heterocycles. The molecular weight excluding hydrogens is 306 g/mol. The summed E-state index contributed by atoms with van der Waals surface area (Å²) < 4.78 is 0. The summed E-state index contributed by atoms with van der Waals surface area (Å²) in [6.07, 6.45) is 1.27. The fraction of sp³-hybridized carbons (Fsp3) is 0.278. The van der Waals surface area contributed by atoms with Crippen molar-refractivity contribution in [3.8, 4) is 0 Å². The molecule has 2 aromatic rings. The third kappa shape index (κ3) is 2.27. The molecule has 2 N–H and O–H groups in total. The van der Waals surface area contributed by atoms with E-state index in [-0.39, 0.29) is 18.7 Å². The van der Waals surface area contributed by atoms with Gasteiger partial charge in [0.25, 0.3) is 5.91 Å². The van der Waals surface area contributed by atoms with E-state index < -0.39 is 11.5 Å². The Bertz CT molecular complexity index is 820. The average molecular weight is 325 g/mol. The van der Waals surface area contributed by atoms with Crippen LogP contribution >= 0.6 is 0 Å². The van der Waals surface area contributed by atoms with Crippen molar-refractivity contribution in [2.45, 2.75) is 25.9 Å². The average Bonchev–Trinajstić information content (AvgIpc) is 2.99. The molecule has 0 spiro atoms. The Labute approximate surface area is 139 Å².